The van der Waals surface area contributed by atoms with Crippen molar-refractivity contribution in [3.05, 3.63) is 71.6 Å². The van der Waals surface area contributed by atoms with Crippen LogP contribution in [0.1, 0.15) is 19.8 Å². The average molecular weight is 499 g/mol. The Morgan fingerprint density at radius 1 is 1.31 bits per heavy atom. The van der Waals surface area contributed by atoms with E-state index in [2.05, 4.69) is 42.6 Å². The van der Waals surface area contributed by atoms with Crippen LogP contribution in [-0.2, 0) is 4.79 Å². The molecule has 1 saturated heterocycles. The number of aliphatic hydroxyl groups excluding tert-OH is 1. The van der Waals surface area contributed by atoms with Gasteiger partial charge >= 0.3 is 0 Å². The van der Waals surface area contributed by atoms with E-state index in [0.29, 0.717) is 37.2 Å². The number of nitrogens with one attached hydrogen (secondary N) is 1. The number of piperidine rings is 1. The molecule has 0 bridgehead atoms. The topological polar surface area (TPSA) is 116 Å². The standard InChI is InChI=1S/C19H30N6O.C7H5FO2/c1-3-8-22-19(14-26)23-12-16-5-4-9-25(18(16)13-21-15-20)17-6-10-24(2)11-7-17;8-6-1-3-7(4-2-6)10-5-9/h3,5,8-9,15,17,26H,6-7,10-14H2,1-2H3,(H2,20,21)(H,22,23);1-5H/b8-3-;. The van der Waals surface area contributed by atoms with Gasteiger partial charge in [-0.3, -0.25) is 14.8 Å². The van der Waals surface area contributed by atoms with E-state index in [1.54, 1.807) is 6.20 Å². The number of carbonyl (C=O) groups excluding carboxylic acids is 1. The second-order valence-corrected chi connectivity index (χ2v) is 8.08. The molecular weight excluding hydrogens is 463 g/mol. The Hall–Kier alpha value is -3.72. The van der Waals surface area contributed by atoms with Crippen molar-refractivity contribution < 1.29 is 19.0 Å². The molecule has 194 valence electrons. The largest absolute Gasteiger partial charge is 0.429 e. The van der Waals surface area contributed by atoms with Crippen molar-refractivity contribution >= 4 is 18.6 Å². The third-order valence-electron chi connectivity index (χ3n) is 5.59. The first-order valence-electron chi connectivity index (χ1n) is 11.7. The fraction of sp³-hybridized carbons (Fsp3) is 0.385. The van der Waals surface area contributed by atoms with Gasteiger partial charge < -0.3 is 30.7 Å². The molecule has 4 N–H and O–H groups in total. The van der Waals surface area contributed by atoms with Crippen LogP contribution in [0.25, 0.3) is 0 Å². The van der Waals surface area contributed by atoms with E-state index in [9.17, 15) is 14.3 Å². The van der Waals surface area contributed by atoms with Gasteiger partial charge in [-0.2, -0.15) is 0 Å². The molecule has 0 aromatic heterocycles. The molecule has 10 heteroatoms. The van der Waals surface area contributed by atoms with Crippen LogP contribution in [-0.4, -0.2) is 79.4 Å². The van der Waals surface area contributed by atoms with Gasteiger partial charge in [0.15, 0.2) is 0 Å². The van der Waals surface area contributed by atoms with Gasteiger partial charge in [-0.15, -0.1) is 5.73 Å². The third-order valence-corrected chi connectivity index (χ3v) is 5.59. The Balaban J connectivity index is 0.000000380. The predicted molar refractivity (Wildman–Crippen MR) is 140 cm³/mol. The highest BCUT2D eigenvalue weighted by molar-refractivity contribution is 5.84. The van der Waals surface area contributed by atoms with Gasteiger partial charge in [0.05, 0.1) is 19.4 Å². The number of aliphatic imine (C=N–C) groups is 2. The van der Waals surface area contributed by atoms with Gasteiger partial charge in [0.1, 0.15) is 24.0 Å². The van der Waals surface area contributed by atoms with Crippen molar-refractivity contribution in [1.82, 2.24) is 15.1 Å². The molecule has 1 aromatic carbocycles. The third kappa shape index (κ3) is 9.50. The first-order valence-corrected chi connectivity index (χ1v) is 11.7. The summed E-state index contributed by atoms with van der Waals surface area (Å²) in [6, 6.07) is 5.64. The number of amidine groups is 1. The number of likely N-dealkylation sites (tertiary alicyclic amines) is 1. The Labute approximate surface area is 211 Å². The van der Waals surface area contributed by atoms with Crippen LogP contribution >= 0.6 is 0 Å². The van der Waals surface area contributed by atoms with Crippen LogP contribution in [0.3, 0.4) is 0 Å². The lowest BCUT2D eigenvalue weighted by atomic mass is 10.0. The fourth-order valence-electron chi connectivity index (χ4n) is 3.67. The summed E-state index contributed by atoms with van der Waals surface area (Å²) in [7, 11) is 2.16. The van der Waals surface area contributed by atoms with E-state index in [-0.39, 0.29) is 12.4 Å². The number of nitrogens with two attached hydrogens (primary N) is 1. The minimum Gasteiger partial charge on any atom is -0.429 e. The van der Waals surface area contributed by atoms with Gasteiger partial charge in [0.25, 0.3) is 6.47 Å². The number of nitrogens with zero attached hydrogens (tertiary/aromatic N) is 4. The summed E-state index contributed by atoms with van der Waals surface area (Å²) in [4.78, 5) is 23.1. The number of allylic oxidation sites excluding steroid dienone is 1. The predicted octanol–water partition coefficient (Wildman–Crippen LogP) is 2.18. The zero-order chi connectivity index (χ0) is 26.2. The van der Waals surface area contributed by atoms with Crippen molar-refractivity contribution in [2.24, 2.45) is 15.7 Å². The summed E-state index contributed by atoms with van der Waals surface area (Å²) >= 11 is 0. The van der Waals surface area contributed by atoms with E-state index < -0.39 is 0 Å². The fourth-order valence-corrected chi connectivity index (χ4v) is 3.67. The highest BCUT2D eigenvalue weighted by Gasteiger charge is 2.25. The highest BCUT2D eigenvalue weighted by atomic mass is 19.1. The van der Waals surface area contributed by atoms with E-state index in [0.717, 1.165) is 37.2 Å². The van der Waals surface area contributed by atoms with E-state index in [4.69, 9.17) is 5.73 Å². The Morgan fingerprint density at radius 3 is 2.64 bits per heavy atom. The zero-order valence-corrected chi connectivity index (χ0v) is 20.8. The summed E-state index contributed by atoms with van der Waals surface area (Å²) in [5.74, 6) is 0.528. The molecule has 0 aliphatic carbocycles. The van der Waals surface area contributed by atoms with E-state index >= 15 is 0 Å². The maximum Gasteiger partial charge on any atom is 0.298 e. The van der Waals surface area contributed by atoms with Crippen LogP contribution in [0.5, 0.6) is 5.75 Å². The van der Waals surface area contributed by atoms with E-state index in [1.807, 2.05) is 25.3 Å². The second-order valence-electron chi connectivity index (χ2n) is 8.08. The maximum absolute atomic E-state index is 12.2. The lowest BCUT2D eigenvalue weighted by molar-refractivity contribution is -0.120. The molecule has 1 fully saturated rings. The molecule has 0 spiro atoms. The van der Waals surface area contributed by atoms with Crippen molar-refractivity contribution in [2.75, 3.05) is 39.8 Å². The number of halogens is 1. The summed E-state index contributed by atoms with van der Waals surface area (Å²) in [6.45, 7) is 5.21. The summed E-state index contributed by atoms with van der Waals surface area (Å²) < 4.78 is 16.6. The summed E-state index contributed by atoms with van der Waals surface area (Å²) in [5.41, 5.74) is 10.9. The Morgan fingerprint density at radius 2 is 2.03 bits per heavy atom. The first kappa shape index (κ1) is 28.5. The molecule has 1 aromatic rings. The Bertz CT molecular complexity index is 1010. The molecular formula is C26H35FN6O3. The van der Waals surface area contributed by atoms with Gasteiger partial charge in [0, 0.05) is 23.5 Å². The van der Waals surface area contributed by atoms with Crippen LogP contribution in [0.15, 0.2) is 75.8 Å². The average Bonchev–Trinajstić information content (AvgIpc) is 2.90. The molecule has 9 nitrogen and oxygen atoms in total. The second kappa shape index (κ2) is 16.0. The molecule has 0 amide bonds. The monoisotopic (exact) mass is 498 g/mol. The number of aliphatic hydroxyl groups is 1. The number of ether oxygens (including phenoxy) is 1. The quantitative estimate of drug-likeness (QED) is 0.207. The van der Waals surface area contributed by atoms with Gasteiger partial charge in [0.2, 0.25) is 0 Å². The molecule has 2 aliphatic heterocycles. The number of rotatable bonds is 9. The minimum absolute atomic E-state index is 0.133. The summed E-state index contributed by atoms with van der Waals surface area (Å²) in [5, 5.41) is 12.4. The lowest BCUT2D eigenvalue weighted by Crippen LogP contribution is -2.42. The van der Waals surface area contributed by atoms with Crippen molar-refractivity contribution in [3.8, 4) is 5.75 Å². The normalized spacial score (nSPS) is 17.0. The number of carbonyl (C=O) groups is 1. The van der Waals surface area contributed by atoms with E-state index in [1.165, 1.54) is 30.6 Å². The van der Waals surface area contributed by atoms with Crippen molar-refractivity contribution in [2.45, 2.75) is 25.8 Å². The van der Waals surface area contributed by atoms with Crippen molar-refractivity contribution in [1.29, 1.82) is 0 Å². The minimum atomic E-state index is -0.349. The van der Waals surface area contributed by atoms with Crippen LogP contribution < -0.4 is 15.8 Å². The van der Waals surface area contributed by atoms with Crippen LogP contribution in [0, 0.1) is 5.82 Å². The zero-order valence-electron chi connectivity index (χ0n) is 20.8. The number of hydrogen-bond acceptors (Lipinski definition) is 7. The highest BCUT2D eigenvalue weighted by Crippen LogP contribution is 2.25. The van der Waals surface area contributed by atoms with Crippen molar-refractivity contribution in [3.63, 3.8) is 0 Å². The SMILES string of the molecule is C/C=C\NC(CO)=NCC1=C(CN=CN)N(C2CCN(C)CC2)C=C=C1.O=COc1ccc(F)cc1. The van der Waals surface area contributed by atoms with Crippen LogP contribution in [0.4, 0.5) is 4.39 Å². The molecule has 2 aliphatic rings. The van der Waals surface area contributed by atoms with Crippen LogP contribution in [0.2, 0.25) is 0 Å². The first-order chi connectivity index (χ1) is 17.5. The molecule has 0 radical (unpaired) electrons. The molecule has 0 saturated carbocycles. The lowest BCUT2D eigenvalue weighted by Gasteiger charge is -2.38. The Kier molecular flexibility index (Phi) is 12.7. The van der Waals surface area contributed by atoms with Gasteiger partial charge in [-0.05, 0) is 76.4 Å². The molecule has 0 unspecified atom stereocenters. The molecule has 2 heterocycles. The molecule has 36 heavy (non-hydrogen) atoms. The molecule has 3 rings (SSSR count). The number of hydrogen-bond donors (Lipinski definition) is 3. The smallest absolute Gasteiger partial charge is 0.298 e. The molecule has 0 atom stereocenters. The number of benzene rings is 1. The van der Waals surface area contributed by atoms with Gasteiger partial charge in [-0.1, -0.05) is 6.08 Å². The summed E-state index contributed by atoms with van der Waals surface area (Å²) in [6.07, 6.45) is 11.1. The van der Waals surface area contributed by atoms with Gasteiger partial charge in [-0.25, -0.2) is 4.39 Å². The maximum atomic E-state index is 12.2.